The Hall–Kier alpha value is -0.670. The molecule has 2 N–H and O–H groups in total. The van der Waals surface area contributed by atoms with Crippen LogP contribution >= 0.6 is 8.60 Å². The van der Waals surface area contributed by atoms with E-state index in [1.165, 1.54) is 0 Å². The zero-order chi connectivity index (χ0) is 11.4. The highest BCUT2D eigenvalue weighted by atomic mass is 31.2. The van der Waals surface area contributed by atoms with E-state index in [1.807, 2.05) is 26.0 Å². The molecule has 0 aliphatic heterocycles. The van der Waals surface area contributed by atoms with E-state index in [4.69, 9.17) is 19.0 Å². The van der Waals surface area contributed by atoms with Crippen molar-refractivity contribution in [3.63, 3.8) is 0 Å². The molecule has 1 aromatic carbocycles. The minimum absolute atomic E-state index is 0.142. The highest BCUT2D eigenvalue weighted by Crippen LogP contribution is 2.31. The second-order valence-electron chi connectivity index (χ2n) is 3.23. The molecule has 0 radical (unpaired) electrons. The molecule has 4 nitrogen and oxygen atoms in total. The molecule has 0 bridgehead atoms. The first-order chi connectivity index (χ1) is 7.06. The van der Waals surface area contributed by atoms with Gasteiger partial charge >= 0.3 is 8.60 Å². The van der Waals surface area contributed by atoms with Crippen LogP contribution < -0.4 is 4.74 Å². The van der Waals surface area contributed by atoms with E-state index in [2.05, 4.69) is 0 Å². The molecule has 5 heteroatoms. The third kappa shape index (κ3) is 3.14. The average Bonchev–Trinajstić information content (AvgIpc) is 2.19. The Morgan fingerprint density at radius 1 is 1.27 bits per heavy atom. The maximum atomic E-state index is 8.66. The lowest BCUT2D eigenvalue weighted by molar-refractivity contribution is 0.242. The van der Waals surface area contributed by atoms with Gasteiger partial charge in [-0.25, -0.2) is 0 Å². The maximum absolute atomic E-state index is 8.66. The molecule has 0 fully saturated rings. The summed E-state index contributed by atoms with van der Waals surface area (Å²) in [6, 6.07) is 3.81. The van der Waals surface area contributed by atoms with Crippen molar-refractivity contribution in [2.24, 2.45) is 0 Å². The molecule has 1 rings (SSSR count). The van der Waals surface area contributed by atoms with E-state index in [0.717, 1.165) is 22.4 Å². The fourth-order valence-electron chi connectivity index (χ4n) is 1.37. The molecule has 1 aromatic rings. The molecule has 0 aromatic heterocycles. The summed E-state index contributed by atoms with van der Waals surface area (Å²) in [5.74, 6) is 0.742. The zero-order valence-electron chi connectivity index (χ0n) is 9.02. The van der Waals surface area contributed by atoms with Crippen molar-refractivity contribution in [3.8, 4) is 5.75 Å². The van der Waals surface area contributed by atoms with E-state index < -0.39 is 8.60 Å². The number of rotatable bonds is 4. The van der Waals surface area contributed by atoms with Gasteiger partial charge in [-0.15, -0.1) is 0 Å². The van der Waals surface area contributed by atoms with Crippen molar-refractivity contribution < 1.29 is 19.0 Å². The molecule has 0 atom stereocenters. The molecule has 0 saturated heterocycles. The Morgan fingerprint density at radius 3 is 2.47 bits per heavy atom. The topological polar surface area (TPSA) is 58.9 Å². The van der Waals surface area contributed by atoms with Gasteiger partial charge < -0.3 is 19.0 Å². The molecular formula is C10H15O4P. The fourth-order valence-corrected chi connectivity index (χ4v) is 1.63. The van der Waals surface area contributed by atoms with Gasteiger partial charge in [0, 0.05) is 5.56 Å². The van der Waals surface area contributed by atoms with Crippen molar-refractivity contribution in [3.05, 3.63) is 28.8 Å². The minimum atomic E-state index is -2.31. The Labute approximate surface area is 90.5 Å². The van der Waals surface area contributed by atoms with Gasteiger partial charge in [0.2, 0.25) is 0 Å². The predicted molar refractivity (Wildman–Crippen MR) is 58.6 cm³/mol. The predicted octanol–water partition coefficient (Wildman–Crippen LogP) is 2.04. The first kappa shape index (κ1) is 12.4. The quantitative estimate of drug-likeness (QED) is 0.777. The fraction of sp³-hybridized carbons (Fsp3) is 0.400. The third-order valence-corrected chi connectivity index (χ3v) is 2.66. The summed E-state index contributed by atoms with van der Waals surface area (Å²) in [5, 5.41) is 0. The first-order valence-electron chi connectivity index (χ1n) is 4.50. The third-order valence-electron chi connectivity index (χ3n) is 2.30. The summed E-state index contributed by atoms with van der Waals surface area (Å²) in [7, 11) is -0.725. The summed E-state index contributed by atoms with van der Waals surface area (Å²) in [5.41, 5.74) is 2.99. The molecular weight excluding hydrogens is 215 g/mol. The van der Waals surface area contributed by atoms with Crippen molar-refractivity contribution in [1.29, 1.82) is 0 Å². The lowest BCUT2D eigenvalue weighted by Crippen LogP contribution is -1.98. The second kappa shape index (κ2) is 5.42. The molecule has 0 spiro atoms. The van der Waals surface area contributed by atoms with Crippen LogP contribution in [-0.4, -0.2) is 16.9 Å². The van der Waals surface area contributed by atoms with Crippen LogP contribution in [0.3, 0.4) is 0 Å². The summed E-state index contributed by atoms with van der Waals surface area (Å²) >= 11 is 0. The largest absolute Gasteiger partial charge is 0.496 e. The van der Waals surface area contributed by atoms with Gasteiger partial charge in [-0.2, -0.15) is 0 Å². The minimum Gasteiger partial charge on any atom is -0.496 e. The second-order valence-corrected chi connectivity index (χ2v) is 3.99. The van der Waals surface area contributed by atoms with Crippen LogP contribution in [0.2, 0.25) is 0 Å². The van der Waals surface area contributed by atoms with E-state index in [9.17, 15) is 0 Å². The number of aryl methyl sites for hydroxylation is 1. The Bertz CT molecular complexity index is 338. The number of hydrogen-bond acceptors (Lipinski definition) is 4. The van der Waals surface area contributed by atoms with Crippen molar-refractivity contribution >= 4 is 8.60 Å². The first-order valence-corrected chi connectivity index (χ1v) is 5.66. The average molecular weight is 230 g/mol. The highest BCUT2D eigenvalue weighted by molar-refractivity contribution is 7.39. The van der Waals surface area contributed by atoms with Gasteiger partial charge in [-0.05, 0) is 25.0 Å². The SMILES string of the molecule is COc1c(COP(O)O)ccc(C)c1C. The number of benzene rings is 1. The molecule has 15 heavy (non-hydrogen) atoms. The van der Waals surface area contributed by atoms with Gasteiger partial charge in [-0.1, -0.05) is 12.1 Å². The molecule has 0 aliphatic rings. The summed E-state index contributed by atoms with van der Waals surface area (Å²) in [6.45, 7) is 4.09. The molecule has 0 aliphatic carbocycles. The lowest BCUT2D eigenvalue weighted by Gasteiger charge is -2.13. The number of hydrogen-bond donors (Lipinski definition) is 2. The monoisotopic (exact) mass is 230 g/mol. The number of methoxy groups -OCH3 is 1. The molecule has 0 saturated carbocycles. The van der Waals surface area contributed by atoms with Crippen molar-refractivity contribution in [1.82, 2.24) is 0 Å². The van der Waals surface area contributed by atoms with Crippen molar-refractivity contribution in [2.45, 2.75) is 20.5 Å². The van der Waals surface area contributed by atoms with E-state index in [-0.39, 0.29) is 6.61 Å². The van der Waals surface area contributed by atoms with Gasteiger partial charge in [0.05, 0.1) is 13.7 Å². The molecule has 0 amide bonds. The van der Waals surface area contributed by atoms with Crippen LogP contribution in [0, 0.1) is 13.8 Å². The van der Waals surface area contributed by atoms with Crippen LogP contribution in [-0.2, 0) is 11.1 Å². The lowest BCUT2D eigenvalue weighted by atomic mass is 10.0. The van der Waals surface area contributed by atoms with Crippen molar-refractivity contribution in [2.75, 3.05) is 7.11 Å². The maximum Gasteiger partial charge on any atom is 0.327 e. The van der Waals surface area contributed by atoms with Gasteiger partial charge in [-0.3, -0.25) is 0 Å². The Kier molecular flexibility index (Phi) is 4.48. The zero-order valence-corrected chi connectivity index (χ0v) is 9.91. The van der Waals surface area contributed by atoms with Crippen LogP contribution in [0.25, 0.3) is 0 Å². The van der Waals surface area contributed by atoms with E-state index in [0.29, 0.717) is 0 Å². The standard InChI is InChI=1S/C10H15O4P/c1-7-4-5-9(6-14-15(11)12)10(13-3)8(7)2/h4-5,11-12H,6H2,1-3H3. The molecule has 0 heterocycles. The Morgan fingerprint density at radius 2 is 1.93 bits per heavy atom. The summed E-state index contributed by atoms with van der Waals surface area (Å²) < 4.78 is 10.0. The van der Waals surface area contributed by atoms with Crippen LogP contribution in [0.15, 0.2) is 12.1 Å². The molecule has 0 unspecified atom stereocenters. The Balaban J connectivity index is 2.92. The van der Waals surface area contributed by atoms with E-state index in [1.54, 1.807) is 7.11 Å². The normalized spacial score (nSPS) is 10.8. The van der Waals surface area contributed by atoms with Crippen LogP contribution in [0.4, 0.5) is 0 Å². The molecule has 84 valence electrons. The van der Waals surface area contributed by atoms with E-state index >= 15 is 0 Å². The van der Waals surface area contributed by atoms with Gasteiger partial charge in [0.1, 0.15) is 5.75 Å². The van der Waals surface area contributed by atoms with Gasteiger partial charge in [0.25, 0.3) is 0 Å². The summed E-state index contributed by atoms with van der Waals surface area (Å²) in [4.78, 5) is 17.3. The van der Waals surface area contributed by atoms with Gasteiger partial charge in [0.15, 0.2) is 0 Å². The number of ether oxygens (including phenoxy) is 1. The smallest absolute Gasteiger partial charge is 0.327 e. The van der Waals surface area contributed by atoms with Crippen LogP contribution in [0.5, 0.6) is 5.75 Å². The summed E-state index contributed by atoms with van der Waals surface area (Å²) in [6.07, 6.45) is 0. The highest BCUT2D eigenvalue weighted by Gasteiger charge is 2.10. The van der Waals surface area contributed by atoms with Crippen LogP contribution in [0.1, 0.15) is 16.7 Å².